The van der Waals surface area contributed by atoms with Gasteiger partial charge in [0, 0.05) is 18.2 Å². The van der Waals surface area contributed by atoms with Crippen molar-refractivity contribution in [2.45, 2.75) is 24.4 Å². The van der Waals surface area contributed by atoms with Crippen LogP contribution in [-0.4, -0.2) is 50.1 Å². The number of carbonyl (C=O) groups excluding carboxylic acids is 3. The third-order valence-electron chi connectivity index (χ3n) is 5.33. The Morgan fingerprint density at radius 2 is 1.68 bits per heavy atom. The van der Waals surface area contributed by atoms with Crippen LogP contribution in [0.3, 0.4) is 0 Å². The number of carbonyl (C=O) groups is 3. The zero-order valence-corrected chi connectivity index (χ0v) is 22.0. The molecule has 0 saturated carbocycles. The second kappa shape index (κ2) is 10.9. The normalized spacial score (nSPS) is 19.3. The van der Waals surface area contributed by atoms with Gasteiger partial charge in [0.25, 0.3) is 5.91 Å². The highest BCUT2D eigenvalue weighted by molar-refractivity contribution is 9.39. The molecule has 2 aliphatic rings. The van der Waals surface area contributed by atoms with Crippen LogP contribution in [0.25, 0.3) is 0 Å². The third kappa shape index (κ3) is 5.29. The fourth-order valence-corrected chi connectivity index (χ4v) is 5.54. The number of hydrogen-bond donors (Lipinski definition) is 0. The van der Waals surface area contributed by atoms with Gasteiger partial charge in [-0.2, -0.15) is 0 Å². The first-order chi connectivity index (χ1) is 16.4. The number of aliphatic imine (C=N–C) groups is 1. The van der Waals surface area contributed by atoms with Crippen molar-refractivity contribution in [1.82, 2.24) is 4.90 Å². The van der Waals surface area contributed by atoms with Gasteiger partial charge in [0.1, 0.15) is 21.2 Å². The molecular formula is C24H20Br2N2O5S. The fraction of sp³-hybridized carbons (Fsp3) is 0.250. The lowest BCUT2D eigenvalue weighted by Crippen LogP contribution is -2.64. The molecule has 1 saturated heterocycles. The van der Waals surface area contributed by atoms with Gasteiger partial charge < -0.3 is 9.47 Å². The highest BCUT2D eigenvalue weighted by Crippen LogP contribution is 2.43. The van der Waals surface area contributed by atoms with E-state index in [1.807, 2.05) is 60.7 Å². The van der Waals surface area contributed by atoms with E-state index in [4.69, 9.17) is 9.47 Å². The van der Waals surface area contributed by atoms with Crippen LogP contribution in [0.1, 0.15) is 24.2 Å². The third-order valence-corrected chi connectivity index (χ3v) is 7.06. The zero-order valence-electron chi connectivity index (χ0n) is 18.0. The van der Waals surface area contributed by atoms with E-state index in [-0.39, 0.29) is 23.6 Å². The number of hydrogen-bond acceptors (Lipinski definition) is 7. The number of nitrogens with zero attached hydrogens (tertiary/aromatic N) is 2. The number of esters is 2. The molecule has 4 rings (SSSR count). The lowest BCUT2D eigenvalue weighted by atomic mass is 10.0. The molecule has 0 N–H and O–H groups in total. The number of fused-ring (bicyclic) bond motifs is 1. The van der Waals surface area contributed by atoms with Crippen molar-refractivity contribution in [3.8, 4) is 0 Å². The molecule has 2 aliphatic heterocycles. The average Bonchev–Trinajstić information content (AvgIpc) is 2.84. The first-order valence-electron chi connectivity index (χ1n) is 10.4. The number of β-lactam (4-membered cyclic amide) rings is 1. The minimum Gasteiger partial charge on any atom is -0.461 e. The summed E-state index contributed by atoms with van der Waals surface area (Å²) >= 11 is 7.86. The topological polar surface area (TPSA) is 85.3 Å². The molecule has 2 aromatic carbocycles. The van der Waals surface area contributed by atoms with E-state index in [1.54, 1.807) is 0 Å². The van der Waals surface area contributed by atoms with Crippen molar-refractivity contribution < 1.29 is 23.9 Å². The van der Waals surface area contributed by atoms with Crippen molar-refractivity contribution >= 4 is 65.0 Å². The average molecular weight is 608 g/mol. The van der Waals surface area contributed by atoms with Gasteiger partial charge in [-0.15, -0.1) is 11.8 Å². The zero-order chi connectivity index (χ0) is 24.2. The van der Waals surface area contributed by atoms with Crippen LogP contribution in [-0.2, 0) is 23.9 Å². The van der Waals surface area contributed by atoms with Crippen molar-refractivity contribution in [3.63, 3.8) is 0 Å². The Labute approximate surface area is 217 Å². The van der Waals surface area contributed by atoms with Crippen LogP contribution < -0.4 is 0 Å². The van der Waals surface area contributed by atoms with E-state index in [9.17, 15) is 14.4 Å². The number of benzene rings is 2. The number of thioether (sulfide) groups is 1. The van der Waals surface area contributed by atoms with Crippen LogP contribution in [0.4, 0.5) is 0 Å². The lowest BCUT2D eigenvalue weighted by molar-refractivity contribution is -0.153. The second-order valence-corrected chi connectivity index (χ2v) is 11.2. The summed E-state index contributed by atoms with van der Waals surface area (Å²) in [5, 5.41) is -0.354. The van der Waals surface area contributed by atoms with Gasteiger partial charge in [0.05, 0.1) is 0 Å². The van der Waals surface area contributed by atoms with Crippen molar-refractivity contribution in [2.75, 3.05) is 12.4 Å². The van der Waals surface area contributed by atoms with Gasteiger partial charge in [0.2, 0.25) is 0 Å². The van der Waals surface area contributed by atoms with Gasteiger partial charge in [-0.3, -0.25) is 19.5 Å². The quantitative estimate of drug-likeness (QED) is 0.260. The lowest BCUT2D eigenvalue weighted by Gasteiger charge is -2.48. The number of rotatable bonds is 7. The maximum atomic E-state index is 13.6. The van der Waals surface area contributed by atoms with Gasteiger partial charge >= 0.3 is 11.9 Å². The predicted octanol–water partition coefficient (Wildman–Crippen LogP) is 4.57. The van der Waals surface area contributed by atoms with Gasteiger partial charge in [-0.25, -0.2) is 4.79 Å². The Kier molecular flexibility index (Phi) is 7.90. The fourth-order valence-electron chi connectivity index (χ4n) is 3.79. The number of halogens is 2. The predicted molar refractivity (Wildman–Crippen MR) is 137 cm³/mol. The Morgan fingerprint density at radius 3 is 2.21 bits per heavy atom. The first kappa shape index (κ1) is 24.7. The van der Waals surface area contributed by atoms with Crippen LogP contribution >= 0.6 is 43.6 Å². The highest BCUT2D eigenvalue weighted by Gasteiger charge is 2.54. The SMILES string of the molecule is CC(=O)OCC1=C(C(=O)OC(c2ccccc2)c2ccccc2)N2C(=O)C(N=C(Br)Br)C2SC1. The molecule has 0 radical (unpaired) electrons. The van der Waals surface area contributed by atoms with Crippen molar-refractivity contribution in [3.05, 3.63) is 83.1 Å². The van der Waals surface area contributed by atoms with Gasteiger partial charge in [-0.05, 0) is 43.0 Å². The second-order valence-electron chi connectivity index (χ2n) is 7.56. The maximum Gasteiger partial charge on any atom is 0.356 e. The summed E-state index contributed by atoms with van der Waals surface area (Å²) in [6.45, 7) is 1.20. The van der Waals surface area contributed by atoms with Crippen LogP contribution in [0.5, 0.6) is 0 Å². The van der Waals surface area contributed by atoms with Crippen LogP contribution in [0, 0.1) is 0 Å². The molecule has 10 heteroatoms. The summed E-state index contributed by atoms with van der Waals surface area (Å²) in [7, 11) is 0. The number of amides is 1. The molecule has 1 amide bonds. The smallest absolute Gasteiger partial charge is 0.356 e. The van der Waals surface area contributed by atoms with E-state index < -0.39 is 24.1 Å². The Bertz CT molecular complexity index is 1110. The molecule has 176 valence electrons. The molecule has 0 spiro atoms. The molecule has 2 unspecified atom stereocenters. The minimum atomic E-state index is -0.674. The summed E-state index contributed by atoms with van der Waals surface area (Å²) in [5.41, 5.74) is 2.23. The van der Waals surface area contributed by atoms with Gasteiger partial charge in [-0.1, -0.05) is 60.7 Å². The largest absolute Gasteiger partial charge is 0.461 e. The van der Waals surface area contributed by atoms with E-state index in [1.165, 1.54) is 23.6 Å². The maximum absolute atomic E-state index is 13.6. The van der Waals surface area contributed by atoms with Crippen LogP contribution in [0.2, 0.25) is 0 Å². The molecule has 2 aromatic rings. The number of ether oxygens (including phenoxy) is 2. The Hall–Kier alpha value is -2.43. The van der Waals surface area contributed by atoms with Crippen molar-refractivity contribution in [2.24, 2.45) is 4.99 Å². The Balaban J connectivity index is 1.68. The molecule has 1 fully saturated rings. The molecule has 0 bridgehead atoms. The molecule has 0 aromatic heterocycles. The molecule has 7 nitrogen and oxygen atoms in total. The van der Waals surface area contributed by atoms with Crippen molar-refractivity contribution in [1.29, 1.82) is 0 Å². The van der Waals surface area contributed by atoms with E-state index in [0.717, 1.165) is 11.1 Å². The molecule has 2 atom stereocenters. The van der Waals surface area contributed by atoms with E-state index in [0.29, 0.717) is 14.9 Å². The molecule has 2 heterocycles. The summed E-state index contributed by atoms with van der Waals surface area (Å²) < 4.78 is 11.6. The standard InChI is InChI=1S/C24H20Br2N2O5S/c1-14(29)32-12-17-13-34-22-18(27-24(25)26)21(30)28(22)19(17)23(31)33-20(15-8-4-2-5-9-15)16-10-6-3-7-11-16/h2-11,18,20,22H,12-13H2,1H3. The molecule has 34 heavy (non-hydrogen) atoms. The summed E-state index contributed by atoms with van der Waals surface area (Å²) in [6.07, 6.45) is -0.674. The molecular weight excluding hydrogens is 588 g/mol. The van der Waals surface area contributed by atoms with Crippen LogP contribution in [0.15, 0.2) is 76.9 Å². The van der Waals surface area contributed by atoms with E-state index in [2.05, 4.69) is 36.9 Å². The first-order valence-corrected chi connectivity index (χ1v) is 13.0. The van der Waals surface area contributed by atoms with E-state index >= 15 is 0 Å². The summed E-state index contributed by atoms with van der Waals surface area (Å²) in [4.78, 5) is 43.7. The summed E-state index contributed by atoms with van der Waals surface area (Å²) in [6, 6.07) is 18.2. The Morgan fingerprint density at radius 1 is 1.09 bits per heavy atom. The molecule has 0 aliphatic carbocycles. The highest BCUT2D eigenvalue weighted by atomic mass is 79.9. The minimum absolute atomic E-state index is 0.0965. The summed E-state index contributed by atoms with van der Waals surface area (Å²) in [5.74, 6) is -1.05. The van der Waals surface area contributed by atoms with Gasteiger partial charge in [0.15, 0.2) is 12.1 Å². The monoisotopic (exact) mass is 606 g/mol.